The highest BCUT2D eigenvalue weighted by Gasteiger charge is 2.41. The monoisotopic (exact) mass is 397 g/mol. The first kappa shape index (κ1) is 19.7. The summed E-state index contributed by atoms with van der Waals surface area (Å²) in [7, 11) is 1.20. The molecule has 0 unspecified atom stereocenters. The average Bonchev–Trinajstić information content (AvgIpc) is 2.92. The minimum atomic E-state index is -0.926. The summed E-state index contributed by atoms with van der Waals surface area (Å²) in [5, 5.41) is 13.6. The molecule has 10 heteroatoms. The number of carbonyl (C=O) groups is 4. The number of fused-ring (bicyclic) bond motifs is 1. The van der Waals surface area contributed by atoms with Gasteiger partial charge in [-0.1, -0.05) is 18.2 Å². The fraction of sp³-hybridized carbons (Fsp3) is 0.158. The van der Waals surface area contributed by atoms with Crippen LogP contribution in [0.1, 0.15) is 36.6 Å². The van der Waals surface area contributed by atoms with Crippen LogP contribution in [0.5, 0.6) is 0 Å². The van der Waals surface area contributed by atoms with Crippen molar-refractivity contribution in [2.24, 2.45) is 0 Å². The summed E-state index contributed by atoms with van der Waals surface area (Å²) in [4.78, 5) is 60.5. The molecule has 0 bridgehead atoms. The molecule has 0 atom stereocenters. The number of amides is 3. The first-order chi connectivity index (χ1) is 13.8. The highest BCUT2D eigenvalue weighted by Crippen LogP contribution is 2.30. The highest BCUT2D eigenvalue weighted by molar-refractivity contribution is 6.24. The van der Waals surface area contributed by atoms with E-state index in [2.05, 4.69) is 5.32 Å². The summed E-state index contributed by atoms with van der Waals surface area (Å²) >= 11 is 0. The van der Waals surface area contributed by atoms with Gasteiger partial charge in [-0.3, -0.25) is 29.4 Å². The average molecular weight is 397 g/mol. The van der Waals surface area contributed by atoms with E-state index in [9.17, 15) is 29.3 Å². The summed E-state index contributed by atoms with van der Waals surface area (Å²) in [5.74, 6) is -3.14. The van der Waals surface area contributed by atoms with E-state index in [4.69, 9.17) is 4.74 Å². The zero-order chi connectivity index (χ0) is 21.3. The van der Waals surface area contributed by atoms with Gasteiger partial charge in [-0.15, -0.1) is 0 Å². The number of methoxy groups -OCH3 is 1. The van der Waals surface area contributed by atoms with Crippen LogP contribution in [0.3, 0.4) is 0 Å². The van der Waals surface area contributed by atoms with Gasteiger partial charge in [0.05, 0.1) is 28.8 Å². The summed E-state index contributed by atoms with van der Waals surface area (Å²) in [6, 6.07) is 8.44. The number of nitro groups is 1. The van der Waals surface area contributed by atoms with E-state index < -0.39 is 40.8 Å². The first-order valence-electron chi connectivity index (χ1n) is 8.37. The quantitative estimate of drug-likeness (QED) is 0.352. The maximum Gasteiger partial charge on any atom is 0.340 e. The molecule has 0 aliphatic carbocycles. The van der Waals surface area contributed by atoms with Crippen LogP contribution in [-0.4, -0.2) is 47.2 Å². The number of imide groups is 1. The van der Waals surface area contributed by atoms with Crippen LogP contribution in [-0.2, 0) is 9.53 Å². The standard InChI is InChI=1S/C19H15N3O7/c1-10-5-3-7-12(15(10)19(26)29-2)20-14(23)9-21-17(24)11-6-4-8-13(22(27)28)16(11)18(21)25/h3-8H,9H2,1-2H3,(H,20,23). The van der Waals surface area contributed by atoms with Gasteiger partial charge in [0.2, 0.25) is 5.91 Å². The molecule has 0 saturated carbocycles. The van der Waals surface area contributed by atoms with Gasteiger partial charge in [0.25, 0.3) is 17.5 Å². The number of hydrogen-bond acceptors (Lipinski definition) is 7. The molecule has 0 saturated heterocycles. The van der Waals surface area contributed by atoms with Gasteiger partial charge in [-0.2, -0.15) is 0 Å². The lowest BCUT2D eigenvalue weighted by Gasteiger charge is -2.15. The van der Waals surface area contributed by atoms with Crippen LogP contribution in [0.25, 0.3) is 0 Å². The molecule has 0 fully saturated rings. The maximum atomic E-state index is 12.5. The van der Waals surface area contributed by atoms with Gasteiger partial charge in [0.1, 0.15) is 12.1 Å². The summed E-state index contributed by atoms with van der Waals surface area (Å²) in [5.41, 5.74) is -0.129. The number of nitro benzene ring substituents is 1. The van der Waals surface area contributed by atoms with Crippen LogP contribution >= 0.6 is 0 Å². The Kier molecular flexibility index (Phi) is 5.09. The van der Waals surface area contributed by atoms with Gasteiger partial charge >= 0.3 is 5.97 Å². The van der Waals surface area contributed by atoms with Crippen LogP contribution in [0.15, 0.2) is 36.4 Å². The van der Waals surface area contributed by atoms with Crippen molar-refractivity contribution in [2.75, 3.05) is 19.0 Å². The van der Waals surface area contributed by atoms with E-state index in [1.165, 1.54) is 25.3 Å². The zero-order valence-electron chi connectivity index (χ0n) is 15.4. The Balaban J connectivity index is 1.85. The molecule has 1 heterocycles. The Morgan fingerprint density at radius 2 is 1.83 bits per heavy atom. The lowest BCUT2D eigenvalue weighted by Crippen LogP contribution is -2.37. The molecule has 3 rings (SSSR count). The number of rotatable bonds is 5. The third-order valence-corrected chi connectivity index (χ3v) is 4.41. The molecule has 1 N–H and O–H groups in total. The van der Waals surface area contributed by atoms with Crippen molar-refractivity contribution in [2.45, 2.75) is 6.92 Å². The summed E-state index contributed by atoms with van der Waals surface area (Å²) in [6.45, 7) is 0.989. The molecule has 0 aromatic heterocycles. The van der Waals surface area contributed by atoms with Gasteiger partial charge in [-0.05, 0) is 24.6 Å². The van der Waals surface area contributed by atoms with E-state index in [1.54, 1.807) is 19.1 Å². The van der Waals surface area contributed by atoms with Gasteiger partial charge in [0, 0.05) is 6.07 Å². The number of carbonyl (C=O) groups excluding carboxylic acids is 4. The molecule has 2 aromatic carbocycles. The number of nitrogens with one attached hydrogen (secondary N) is 1. The molecule has 2 aromatic rings. The molecular weight excluding hydrogens is 382 g/mol. The van der Waals surface area contributed by atoms with E-state index in [0.717, 1.165) is 6.07 Å². The second kappa shape index (κ2) is 7.50. The first-order valence-corrected chi connectivity index (χ1v) is 8.37. The predicted octanol–water partition coefficient (Wildman–Crippen LogP) is 1.92. The molecule has 148 valence electrons. The molecule has 3 amide bonds. The molecule has 29 heavy (non-hydrogen) atoms. The Bertz CT molecular complexity index is 1080. The maximum absolute atomic E-state index is 12.5. The van der Waals surface area contributed by atoms with E-state index >= 15 is 0 Å². The van der Waals surface area contributed by atoms with E-state index in [-0.39, 0.29) is 22.4 Å². The fourth-order valence-corrected chi connectivity index (χ4v) is 3.09. The topological polar surface area (TPSA) is 136 Å². The molecule has 10 nitrogen and oxygen atoms in total. The number of hydrogen-bond donors (Lipinski definition) is 1. The smallest absolute Gasteiger partial charge is 0.340 e. The Morgan fingerprint density at radius 3 is 2.48 bits per heavy atom. The summed E-state index contributed by atoms with van der Waals surface area (Å²) in [6.07, 6.45) is 0. The van der Waals surface area contributed by atoms with Crippen molar-refractivity contribution in [3.8, 4) is 0 Å². The number of benzene rings is 2. The fourth-order valence-electron chi connectivity index (χ4n) is 3.09. The minimum Gasteiger partial charge on any atom is -0.465 e. The van der Waals surface area contributed by atoms with Gasteiger partial charge in [0.15, 0.2) is 0 Å². The van der Waals surface area contributed by atoms with Crippen molar-refractivity contribution in [1.82, 2.24) is 4.90 Å². The molecule has 1 aliphatic rings. The van der Waals surface area contributed by atoms with E-state index in [1.807, 2.05) is 0 Å². The van der Waals surface area contributed by atoms with E-state index in [0.29, 0.717) is 10.5 Å². The third-order valence-electron chi connectivity index (χ3n) is 4.41. The van der Waals surface area contributed by atoms with Gasteiger partial charge < -0.3 is 10.1 Å². The van der Waals surface area contributed by atoms with Gasteiger partial charge in [-0.25, -0.2) is 4.79 Å². The second-order valence-electron chi connectivity index (χ2n) is 6.19. The lowest BCUT2D eigenvalue weighted by atomic mass is 10.1. The number of aryl methyl sites for hydroxylation is 1. The van der Waals surface area contributed by atoms with Crippen LogP contribution in [0, 0.1) is 17.0 Å². The Morgan fingerprint density at radius 1 is 1.14 bits per heavy atom. The normalized spacial score (nSPS) is 12.6. The Hall–Kier alpha value is -4.08. The number of esters is 1. The molecule has 0 radical (unpaired) electrons. The molecule has 0 spiro atoms. The molecule has 1 aliphatic heterocycles. The van der Waals surface area contributed by atoms with Crippen LogP contribution in [0.2, 0.25) is 0 Å². The lowest BCUT2D eigenvalue weighted by molar-refractivity contribution is -0.385. The largest absolute Gasteiger partial charge is 0.465 e. The zero-order valence-corrected chi connectivity index (χ0v) is 15.4. The van der Waals surface area contributed by atoms with Crippen LogP contribution in [0.4, 0.5) is 11.4 Å². The van der Waals surface area contributed by atoms with Crippen molar-refractivity contribution in [1.29, 1.82) is 0 Å². The SMILES string of the molecule is COC(=O)c1c(C)cccc1NC(=O)CN1C(=O)c2cccc([N+](=O)[O-])c2C1=O. The van der Waals surface area contributed by atoms with Crippen molar-refractivity contribution in [3.63, 3.8) is 0 Å². The minimum absolute atomic E-state index is 0.136. The second-order valence-corrected chi connectivity index (χ2v) is 6.19. The highest BCUT2D eigenvalue weighted by atomic mass is 16.6. The number of ether oxygens (including phenoxy) is 1. The predicted molar refractivity (Wildman–Crippen MR) is 99.6 cm³/mol. The van der Waals surface area contributed by atoms with Crippen molar-refractivity contribution < 1.29 is 28.8 Å². The van der Waals surface area contributed by atoms with Crippen LogP contribution < -0.4 is 5.32 Å². The Labute approximate surface area is 164 Å². The summed E-state index contributed by atoms with van der Waals surface area (Å²) < 4.78 is 4.71. The molecular formula is C19H15N3O7. The number of anilines is 1. The number of nitrogens with zero attached hydrogens (tertiary/aromatic N) is 2. The third kappa shape index (κ3) is 3.43. The van der Waals surface area contributed by atoms with Crippen molar-refractivity contribution >= 4 is 35.1 Å². The van der Waals surface area contributed by atoms with Crippen molar-refractivity contribution in [3.05, 3.63) is 68.8 Å².